The first-order valence-electron chi connectivity index (χ1n) is 8.60. The first kappa shape index (κ1) is 17.7. The standard InChI is InChI=1S/C18H22N4O2S/c1-3-4-5-8-11-22-17(23)14-9-6-7-10-15(14)20-18(22)25-12-16-19-13(2)21-24-16/h6-7,9-10H,3-5,8,11-12H2,1-2H3. The van der Waals surface area contributed by atoms with Crippen LogP contribution in [-0.2, 0) is 12.3 Å². The van der Waals surface area contributed by atoms with Gasteiger partial charge in [-0.1, -0.05) is 55.2 Å². The van der Waals surface area contributed by atoms with Crippen molar-refractivity contribution in [3.8, 4) is 0 Å². The average Bonchev–Trinajstić information content (AvgIpc) is 3.04. The first-order valence-corrected chi connectivity index (χ1v) is 9.59. The summed E-state index contributed by atoms with van der Waals surface area (Å²) >= 11 is 1.46. The molecule has 25 heavy (non-hydrogen) atoms. The lowest BCUT2D eigenvalue weighted by atomic mass is 10.2. The van der Waals surface area contributed by atoms with Gasteiger partial charge in [-0.3, -0.25) is 9.36 Å². The van der Waals surface area contributed by atoms with E-state index in [0.29, 0.717) is 34.6 Å². The van der Waals surface area contributed by atoms with Crippen LogP contribution in [0.15, 0.2) is 38.7 Å². The van der Waals surface area contributed by atoms with Crippen molar-refractivity contribution in [3.05, 3.63) is 46.3 Å². The second-order valence-electron chi connectivity index (χ2n) is 5.95. The lowest BCUT2D eigenvalue weighted by molar-refractivity contribution is 0.387. The van der Waals surface area contributed by atoms with Gasteiger partial charge in [-0.25, -0.2) is 4.98 Å². The van der Waals surface area contributed by atoms with Crippen molar-refractivity contribution in [1.82, 2.24) is 19.7 Å². The van der Waals surface area contributed by atoms with Crippen LogP contribution in [0.5, 0.6) is 0 Å². The van der Waals surface area contributed by atoms with Crippen LogP contribution in [0, 0.1) is 6.92 Å². The fraction of sp³-hybridized carbons (Fsp3) is 0.444. The number of benzene rings is 1. The van der Waals surface area contributed by atoms with Gasteiger partial charge >= 0.3 is 0 Å². The quantitative estimate of drug-likeness (QED) is 0.345. The molecule has 2 heterocycles. The Kier molecular flexibility index (Phi) is 5.86. The summed E-state index contributed by atoms with van der Waals surface area (Å²) in [7, 11) is 0. The van der Waals surface area contributed by atoms with Crippen molar-refractivity contribution in [2.24, 2.45) is 0 Å². The number of para-hydroxylation sites is 1. The summed E-state index contributed by atoms with van der Waals surface area (Å²) in [5, 5.41) is 5.17. The van der Waals surface area contributed by atoms with Crippen LogP contribution in [0.25, 0.3) is 10.9 Å². The Labute approximate surface area is 150 Å². The van der Waals surface area contributed by atoms with Crippen molar-refractivity contribution < 1.29 is 4.52 Å². The lowest BCUT2D eigenvalue weighted by Crippen LogP contribution is -2.23. The molecule has 7 heteroatoms. The maximum Gasteiger partial charge on any atom is 0.262 e. The third kappa shape index (κ3) is 4.28. The predicted molar refractivity (Wildman–Crippen MR) is 98.7 cm³/mol. The molecule has 0 radical (unpaired) electrons. The van der Waals surface area contributed by atoms with Gasteiger partial charge in [0.05, 0.1) is 16.7 Å². The maximum absolute atomic E-state index is 12.9. The highest BCUT2D eigenvalue weighted by Gasteiger charge is 2.13. The smallest absolute Gasteiger partial charge is 0.262 e. The molecule has 0 fully saturated rings. The van der Waals surface area contributed by atoms with Crippen molar-refractivity contribution in [1.29, 1.82) is 0 Å². The van der Waals surface area contributed by atoms with Gasteiger partial charge in [-0.15, -0.1) is 0 Å². The molecule has 0 saturated carbocycles. The molecule has 0 aliphatic carbocycles. The lowest BCUT2D eigenvalue weighted by Gasteiger charge is -2.12. The van der Waals surface area contributed by atoms with E-state index in [0.717, 1.165) is 18.4 Å². The minimum atomic E-state index is 0.0197. The van der Waals surface area contributed by atoms with E-state index in [1.807, 2.05) is 24.3 Å². The number of hydrogen-bond acceptors (Lipinski definition) is 6. The molecule has 3 aromatic rings. The Morgan fingerprint density at radius 1 is 1.16 bits per heavy atom. The third-order valence-electron chi connectivity index (χ3n) is 3.96. The minimum Gasteiger partial charge on any atom is -0.338 e. The average molecular weight is 358 g/mol. The van der Waals surface area contributed by atoms with E-state index < -0.39 is 0 Å². The van der Waals surface area contributed by atoms with Gasteiger partial charge < -0.3 is 4.52 Å². The zero-order chi connectivity index (χ0) is 17.6. The molecule has 0 atom stereocenters. The van der Waals surface area contributed by atoms with Crippen LogP contribution in [-0.4, -0.2) is 19.7 Å². The number of fused-ring (bicyclic) bond motifs is 1. The summed E-state index contributed by atoms with van der Waals surface area (Å²) in [6.07, 6.45) is 4.44. The first-order chi connectivity index (χ1) is 12.2. The van der Waals surface area contributed by atoms with Gasteiger partial charge in [0.25, 0.3) is 5.56 Å². The Hall–Kier alpha value is -2.15. The second-order valence-corrected chi connectivity index (χ2v) is 6.90. The summed E-state index contributed by atoms with van der Waals surface area (Å²) < 4.78 is 6.94. The summed E-state index contributed by atoms with van der Waals surface area (Å²) in [6.45, 7) is 4.65. The second kappa shape index (κ2) is 8.29. The molecular weight excluding hydrogens is 336 g/mol. The molecule has 0 aliphatic rings. The zero-order valence-electron chi connectivity index (χ0n) is 14.6. The summed E-state index contributed by atoms with van der Waals surface area (Å²) in [4.78, 5) is 21.8. The predicted octanol–water partition coefficient (Wildman–Crippen LogP) is 3.96. The highest BCUT2D eigenvalue weighted by Crippen LogP contribution is 2.22. The molecule has 0 amide bonds. The summed E-state index contributed by atoms with van der Waals surface area (Å²) in [5.74, 6) is 1.65. The molecular formula is C18H22N4O2S. The normalized spacial score (nSPS) is 11.3. The summed E-state index contributed by atoms with van der Waals surface area (Å²) in [5.41, 5.74) is 0.743. The number of thioether (sulfide) groups is 1. The van der Waals surface area contributed by atoms with E-state index in [4.69, 9.17) is 9.51 Å². The zero-order valence-corrected chi connectivity index (χ0v) is 15.4. The van der Waals surface area contributed by atoms with Gasteiger partial charge in [-0.05, 0) is 25.5 Å². The van der Waals surface area contributed by atoms with Crippen LogP contribution in [0.4, 0.5) is 0 Å². The van der Waals surface area contributed by atoms with E-state index in [2.05, 4.69) is 17.1 Å². The Morgan fingerprint density at radius 2 is 2.00 bits per heavy atom. The van der Waals surface area contributed by atoms with Crippen molar-refractivity contribution >= 4 is 22.7 Å². The fourth-order valence-electron chi connectivity index (χ4n) is 2.68. The Balaban J connectivity index is 1.88. The monoisotopic (exact) mass is 358 g/mol. The van der Waals surface area contributed by atoms with E-state index >= 15 is 0 Å². The maximum atomic E-state index is 12.9. The highest BCUT2D eigenvalue weighted by atomic mass is 32.2. The minimum absolute atomic E-state index is 0.0197. The van der Waals surface area contributed by atoms with E-state index in [9.17, 15) is 4.79 Å². The van der Waals surface area contributed by atoms with E-state index in [-0.39, 0.29) is 5.56 Å². The van der Waals surface area contributed by atoms with Gasteiger partial charge in [0.1, 0.15) is 0 Å². The molecule has 132 valence electrons. The molecule has 0 N–H and O–H groups in total. The van der Waals surface area contributed by atoms with E-state index in [1.54, 1.807) is 11.5 Å². The molecule has 2 aromatic heterocycles. The third-order valence-corrected chi connectivity index (χ3v) is 4.92. The van der Waals surface area contributed by atoms with Crippen molar-refractivity contribution in [3.63, 3.8) is 0 Å². The van der Waals surface area contributed by atoms with Crippen LogP contribution in [0.3, 0.4) is 0 Å². The topological polar surface area (TPSA) is 73.8 Å². The molecule has 6 nitrogen and oxygen atoms in total. The van der Waals surface area contributed by atoms with Gasteiger partial charge in [0, 0.05) is 6.54 Å². The molecule has 0 unspecified atom stereocenters. The Bertz CT molecular complexity index is 903. The molecule has 0 aliphatic heterocycles. The van der Waals surface area contributed by atoms with Crippen LogP contribution in [0.2, 0.25) is 0 Å². The molecule has 0 saturated heterocycles. The number of aryl methyl sites for hydroxylation is 1. The van der Waals surface area contributed by atoms with Crippen LogP contribution in [0.1, 0.15) is 44.3 Å². The summed E-state index contributed by atoms with van der Waals surface area (Å²) in [6, 6.07) is 7.49. The van der Waals surface area contributed by atoms with Crippen LogP contribution >= 0.6 is 11.8 Å². The van der Waals surface area contributed by atoms with Gasteiger partial charge in [-0.2, -0.15) is 4.98 Å². The van der Waals surface area contributed by atoms with E-state index in [1.165, 1.54) is 24.6 Å². The fourth-order valence-corrected chi connectivity index (χ4v) is 3.54. The number of hydrogen-bond donors (Lipinski definition) is 0. The number of unbranched alkanes of at least 4 members (excludes halogenated alkanes) is 3. The molecule has 0 spiro atoms. The highest BCUT2D eigenvalue weighted by molar-refractivity contribution is 7.98. The van der Waals surface area contributed by atoms with Crippen molar-refractivity contribution in [2.45, 2.75) is 57.0 Å². The Morgan fingerprint density at radius 3 is 2.76 bits per heavy atom. The number of aromatic nitrogens is 4. The molecule has 1 aromatic carbocycles. The molecule has 0 bridgehead atoms. The van der Waals surface area contributed by atoms with Gasteiger partial charge in [0.2, 0.25) is 5.89 Å². The van der Waals surface area contributed by atoms with Crippen LogP contribution < -0.4 is 5.56 Å². The molecule has 3 rings (SSSR count). The SMILES string of the molecule is CCCCCCn1c(SCc2nc(C)no2)nc2ccccc2c1=O. The number of rotatable bonds is 8. The van der Waals surface area contributed by atoms with Crippen molar-refractivity contribution in [2.75, 3.05) is 0 Å². The number of nitrogens with zero attached hydrogens (tertiary/aromatic N) is 4. The van der Waals surface area contributed by atoms with Gasteiger partial charge in [0.15, 0.2) is 11.0 Å². The largest absolute Gasteiger partial charge is 0.338 e.